The number of rotatable bonds is 10. The lowest BCUT2D eigenvalue weighted by molar-refractivity contribution is 0.443. The highest BCUT2D eigenvalue weighted by Crippen LogP contribution is 2.41. The molecule has 3 nitrogen and oxygen atoms in total. The van der Waals surface area contributed by atoms with Crippen LogP contribution in [0.2, 0.25) is 0 Å². The third kappa shape index (κ3) is 7.05. The van der Waals surface area contributed by atoms with Gasteiger partial charge in [-0.25, -0.2) is 0 Å². The molecule has 1 aliphatic rings. The zero-order valence-electron chi connectivity index (χ0n) is 32.8. The molecule has 0 aliphatic heterocycles. The highest BCUT2D eigenvalue weighted by atomic mass is 15.1. The summed E-state index contributed by atoms with van der Waals surface area (Å²) in [5.74, 6) is 0.700. The topological polar surface area (TPSA) is 11.4 Å². The fraction of sp³-hybridized carbons (Fsp3) is 0.127. The first-order valence-corrected chi connectivity index (χ1v) is 20.8. The Kier molecular flexibility index (Phi) is 9.78. The number of fused-ring (bicyclic) bond motifs is 3. The second kappa shape index (κ2) is 16.0. The highest BCUT2D eigenvalue weighted by Gasteiger charge is 2.19. The molecular weight excluding hydrogens is 703 g/mol. The van der Waals surface area contributed by atoms with Crippen LogP contribution in [0.4, 0.5) is 34.1 Å². The predicted molar refractivity (Wildman–Crippen MR) is 245 cm³/mol. The fourth-order valence-electron chi connectivity index (χ4n) is 9.10. The molecule has 0 radical (unpaired) electrons. The normalized spacial score (nSPS) is 13.2. The first-order valence-electron chi connectivity index (χ1n) is 20.8. The third-order valence-corrected chi connectivity index (χ3v) is 12.0. The van der Waals surface area contributed by atoms with Crippen molar-refractivity contribution in [3.8, 4) is 5.69 Å². The summed E-state index contributed by atoms with van der Waals surface area (Å²) < 4.78 is 2.37. The van der Waals surface area contributed by atoms with Crippen LogP contribution >= 0.6 is 0 Å². The second-order valence-corrected chi connectivity index (χ2v) is 15.7. The van der Waals surface area contributed by atoms with Crippen LogP contribution in [0, 0.1) is 0 Å². The van der Waals surface area contributed by atoms with Crippen molar-refractivity contribution in [2.75, 3.05) is 9.80 Å². The van der Waals surface area contributed by atoms with E-state index in [2.05, 4.69) is 221 Å². The van der Waals surface area contributed by atoms with E-state index in [9.17, 15) is 0 Å². The summed E-state index contributed by atoms with van der Waals surface area (Å²) in [7, 11) is 0. The van der Waals surface area contributed by atoms with E-state index < -0.39 is 0 Å². The van der Waals surface area contributed by atoms with Crippen molar-refractivity contribution in [2.45, 2.75) is 44.4 Å². The number of nitrogens with zero attached hydrogens (tertiary/aromatic N) is 3. The summed E-state index contributed by atoms with van der Waals surface area (Å²) in [5.41, 5.74) is 14.5. The molecule has 3 heteroatoms. The van der Waals surface area contributed by atoms with Gasteiger partial charge in [-0.3, -0.25) is 0 Å². The minimum absolute atomic E-state index is 0.700. The van der Waals surface area contributed by atoms with Crippen LogP contribution < -0.4 is 9.80 Å². The highest BCUT2D eigenvalue weighted by molar-refractivity contribution is 6.10. The molecule has 0 bridgehead atoms. The minimum Gasteiger partial charge on any atom is -0.311 e. The zero-order valence-corrected chi connectivity index (χ0v) is 32.8. The van der Waals surface area contributed by atoms with E-state index in [1.54, 1.807) is 0 Å². The molecule has 0 unspecified atom stereocenters. The first kappa shape index (κ1) is 35.6. The van der Waals surface area contributed by atoms with Crippen molar-refractivity contribution < 1.29 is 0 Å². The molecule has 58 heavy (non-hydrogen) atoms. The molecule has 1 aromatic heterocycles. The van der Waals surface area contributed by atoms with Crippen molar-refractivity contribution in [2.24, 2.45) is 0 Å². The third-order valence-electron chi connectivity index (χ3n) is 12.0. The van der Waals surface area contributed by atoms with Gasteiger partial charge in [-0.15, -0.1) is 0 Å². The van der Waals surface area contributed by atoms with Crippen LogP contribution in [0.5, 0.6) is 0 Å². The van der Waals surface area contributed by atoms with Gasteiger partial charge in [0.05, 0.1) is 11.0 Å². The number of hydrogen-bond acceptors (Lipinski definition) is 2. The summed E-state index contributed by atoms with van der Waals surface area (Å²) in [6, 6.07) is 75.3. The first-order chi connectivity index (χ1) is 28.8. The van der Waals surface area contributed by atoms with Crippen LogP contribution in [0.3, 0.4) is 0 Å². The van der Waals surface area contributed by atoms with Gasteiger partial charge in [0, 0.05) is 50.6 Å². The van der Waals surface area contributed by atoms with E-state index >= 15 is 0 Å². The largest absolute Gasteiger partial charge is 0.311 e. The lowest BCUT2D eigenvalue weighted by atomic mass is 9.84. The van der Waals surface area contributed by atoms with E-state index in [-0.39, 0.29) is 0 Å². The van der Waals surface area contributed by atoms with Gasteiger partial charge in [-0.1, -0.05) is 128 Å². The maximum absolute atomic E-state index is 2.37. The molecule has 0 N–H and O–H groups in total. The van der Waals surface area contributed by atoms with E-state index in [0.29, 0.717) is 5.92 Å². The van der Waals surface area contributed by atoms with E-state index in [1.165, 1.54) is 87.7 Å². The molecule has 0 amide bonds. The number of aromatic nitrogens is 1. The lowest BCUT2D eigenvalue weighted by Crippen LogP contribution is -2.10. The molecule has 9 aromatic rings. The molecule has 282 valence electrons. The van der Waals surface area contributed by atoms with Gasteiger partial charge >= 0.3 is 0 Å². The summed E-state index contributed by atoms with van der Waals surface area (Å²) >= 11 is 0. The van der Waals surface area contributed by atoms with Gasteiger partial charge in [0.15, 0.2) is 0 Å². The number of para-hydroxylation sites is 4. The van der Waals surface area contributed by atoms with Gasteiger partial charge in [-0.2, -0.15) is 0 Å². The molecule has 1 fully saturated rings. The Hall–Kier alpha value is -6.84. The molecule has 8 aromatic carbocycles. The Morgan fingerprint density at radius 2 is 0.828 bits per heavy atom. The number of anilines is 6. The van der Waals surface area contributed by atoms with Crippen LogP contribution in [-0.2, 0) is 6.42 Å². The van der Waals surface area contributed by atoms with E-state index in [0.717, 1.165) is 29.2 Å². The smallest absolute Gasteiger partial charge is 0.0542 e. The zero-order chi connectivity index (χ0) is 38.7. The van der Waals surface area contributed by atoms with Crippen molar-refractivity contribution in [3.63, 3.8) is 0 Å². The molecule has 1 heterocycles. The quantitative estimate of drug-likeness (QED) is 0.138. The molecule has 0 atom stereocenters. The van der Waals surface area contributed by atoms with Gasteiger partial charge < -0.3 is 14.4 Å². The average Bonchev–Trinajstić information content (AvgIpc) is 3.63. The van der Waals surface area contributed by atoms with Gasteiger partial charge in [0.2, 0.25) is 0 Å². The lowest BCUT2D eigenvalue weighted by Gasteiger charge is -2.27. The number of hydrogen-bond donors (Lipinski definition) is 0. The number of benzene rings is 8. The van der Waals surface area contributed by atoms with Crippen LogP contribution in [0.25, 0.3) is 27.5 Å². The standard InChI is InChI=1S/C55H47N3/c1-5-15-43(16-6-1)44-29-35-50(36-30-44)56(45-17-7-2-8-18-45)48-31-25-41(26-32-48)39-42-27-33-49(34-28-42)57(46-19-9-3-10-20-46)51-37-38-55-53(40-51)52-23-13-14-24-54(52)58(55)47-21-11-4-12-22-47/h2-4,7-14,17-38,40,43H,1,5-6,15-16,39H2. The van der Waals surface area contributed by atoms with Crippen LogP contribution in [0.15, 0.2) is 206 Å². The molecule has 0 spiro atoms. The van der Waals surface area contributed by atoms with E-state index in [4.69, 9.17) is 0 Å². The second-order valence-electron chi connectivity index (χ2n) is 15.7. The van der Waals surface area contributed by atoms with Crippen molar-refractivity contribution in [3.05, 3.63) is 223 Å². The average molecular weight is 750 g/mol. The maximum atomic E-state index is 2.37. The van der Waals surface area contributed by atoms with Crippen molar-refractivity contribution in [1.82, 2.24) is 4.57 Å². The van der Waals surface area contributed by atoms with Crippen molar-refractivity contribution >= 4 is 55.9 Å². The molecule has 1 aliphatic carbocycles. The summed E-state index contributed by atoms with van der Waals surface area (Å²) in [6.07, 6.45) is 7.58. The monoisotopic (exact) mass is 749 g/mol. The fourth-order valence-corrected chi connectivity index (χ4v) is 9.10. The molecule has 10 rings (SSSR count). The minimum atomic E-state index is 0.700. The molecular formula is C55H47N3. The Labute approximate surface area is 342 Å². The van der Waals surface area contributed by atoms with Gasteiger partial charge in [0.25, 0.3) is 0 Å². The Bertz CT molecular complexity index is 2750. The molecule has 1 saturated carbocycles. The Morgan fingerprint density at radius 1 is 0.379 bits per heavy atom. The predicted octanol–water partition coefficient (Wildman–Crippen LogP) is 15.4. The Morgan fingerprint density at radius 3 is 1.41 bits per heavy atom. The van der Waals surface area contributed by atoms with Gasteiger partial charge in [-0.05, 0) is 139 Å². The van der Waals surface area contributed by atoms with Crippen molar-refractivity contribution in [1.29, 1.82) is 0 Å². The van der Waals surface area contributed by atoms with Crippen LogP contribution in [0.1, 0.15) is 54.7 Å². The molecule has 0 saturated heterocycles. The Balaban J connectivity index is 0.931. The summed E-state index contributed by atoms with van der Waals surface area (Å²) in [6.45, 7) is 0. The summed E-state index contributed by atoms with van der Waals surface area (Å²) in [4.78, 5) is 4.74. The van der Waals surface area contributed by atoms with Gasteiger partial charge in [0.1, 0.15) is 0 Å². The maximum Gasteiger partial charge on any atom is 0.0542 e. The van der Waals surface area contributed by atoms with Crippen LogP contribution in [-0.4, -0.2) is 4.57 Å². The SMILES string of the molecule is c1ccc(N(c2ccc(Cc3ccc(N(c4ccccc4)c4ccc5c(c4)c4ccccc4n5-c4ccccc4)cc3)cc2)c2ccc(C3CCCCC3)cc2)cc1. The van der Waals surface area contributed by atoms with E-state index in [1.807, 2.05) is 0 Å². The summed E-state index contributed by atoms with van der Waals surface area (Å²) in [5, 5.41) is 2.48.